The van der Waals surface area contributed by atoms with Gasteiger partial charge in [0.25, 0.3) is 0 Å². The summed E-state index contributed by atoms with van der Waals surface area (Å²) in [5.74, 6) is 0. The molecule has 1 aromatic heterocycles. The summed E-state index contributed by atoms with van der Waals surface area (Å²) in [5, 5.41) is 4.11. The summed E-state index contributed by atoms with van der Waals surface area (Å²) in [7, 11) is 4.01. The van der Waals surface area contributed by atoms with Gasteiger partial charge in [-0.25, -0.2) is 5.01 Å². The minimum absolute atomic E-state index is 0.926. The van der Waals surface area contributed by atoms with Gasteiger partial charge in [0.15, 0.2) is 0 Å². The predicted octanol–water partition coefficient (Wildman–Crippen LogP) is 1.18. The van der Waals surface area contributed by atoms with E-state index in [-0.39, 0.29) is 0 Å². The van der Waals surface area contributed by atoms with Crippen LogP contribution in [0.2, 0.25) is 0 Å². The highest BCUT2D eigenvalue weighted by molar-refractivity contribution is 5.40. The Hall–Kier alpha value is -1.09. The van der Waals surface area contributed by atoms with Gasteiger partial charge in [-0.3, -0.25) is 4.98 Å². The van der Waals surface area contributed by atoms with Crippen molar-refractivity contribution in [1.29, 1.82) is 0 Å². The largest absolute Gasteiger partial charge is 0.304 e. The number of pyridine rings is 1. The molecule has 0 aliphatic carbocycles. The van der Waals surface area contributed by atoms with E-state index in [1.165, 1.54) is 0 Å². The van der Waals surface area contributed by atoms with Gasteiger partial charge in [-0.2, -0.15) is 0 Å². The van der Waals surface area contributed by atoms with Crippen LogP contribution in [0.5, 0.6) is 0 Å². The van der Waals surface area contributed by atoms with Gasteiger partial charge < -0.3 is 5.01 Å². The highest BCUT2D eigenvalue weighted by Crippen LogP contribution is 2.10. The summed E-state index contributed by atoms with van der Waals surface area (Å²) in [6.07, 6.45) is 4.66. The molecule has 0 unspecified atom stereocenters. The Labute approximate surface area is 73.6 Å². The van der Waals surface area contributed by atoms with E-state index < -0.39 is 0 Å². The van der Waals surface area contributed by atoms with E-state index in [9.17, 15) is 0 Å². The van der Waals surface area contributed by atoms with Crippen molar-refractivity contribution in [2.45, 2.75) is 6.92 Å². The SMILES string of the molecule is CCN(c1[c]nccc1)N(C)C. The van der Waals surface area contributed by atoms with Gasteiger partial charge in [0.2, 0.25) is 0 Å². The quantitative estimate of drug-likeness (QED) is 0.625. The Balaban J connectivity index is 2.80. The van der Waals surface area contributed by atoms with Crippen molar-refractivity contribution in [3.05, 3.63) is 24.5 Å². The molecule has 3 nitrogen and oxygen atoms in total. The van der Waals surface area contributed by atoms with Gasteiger partial charge >= 0.3 is 0 Å². The average Bonchev–Trinajstić information content (AvgIpc) is 2.07. The third kappa shape index (κ3) is 1.95. The first-order chi connectivity index (χ1) is 5.75. The first-order valence-corrected chi connectivity index (χ1v) is 4.03. The summed E-state index contributed by atoms with van der Waals surface area (Å²) in [4.78, 5) is 3.94. The maximum atomic E-state index is 3.94. The second kappa shape index (κ2) is 4.07. The van der Waals surface area contributed by atoms with Crippen molar-refractivity contribution in [2.75, 3.05) is 25.6 Å². The smallest absolute Gasteiger partial charge is 0.115 e. The van der Waals surface area contributed by atoms with Crippen molar-refractivity contribution < 1.29 is 0 Å². The number of hydrogen-bond donors (Lipinski definition) is 0. The molecule has 12 heavy (non-hydrogen) atoms. The van der Waals surface area contributed by atoms with Gasteiger partial charge in [-0.1, -0.05) is 0 Å². The molecule has 0 fully saturated rings. The van der Waals surface area contributed by atoms with Crippen LogP contribution in [0.1, 0.15) is 6.92 Å². The fraction of sp³-hybridized carbons (Fsp3) is 0.444. The molecular formula is C9H14N3. The lowest BCUT2D eigenvalue weighted by Crippen LogP contribution is -2.36. The van der Waals surface area contributed by atoms with Gasteiger partial charge in [0, 0.05) is 26.8 Å². The predicted molar refractivity (Wildman–Crippen MR) is 49.8 cm³/mol. The molecule has 0 aliphatic rings. The summed E-state index contributed by atoms with van der Waals surface area (Å²) >= 11 is 0. The molecule has 1 radical (unpaired) electrons. The molecule has 0 aliphatic heterocycles. The van der Waals surface area contributed by atoms with Crippen molar-refractivity contribution in [3.63, 3.8) is 0 Å². The molecule has 0 saturated carbocycles. The molecular weight excluding hydrogens is 150 g/mol. The van der Waals surface area contributed by atoms with Crippen LogP contribution in [0.15, 0.2) is 18.3 Å². The molecule has 1 heterocycles. The number of rotatable bonds is 3. The molecule has 65 valence electrons. The fourth-order valence-corrected chi connectivity index (χ4v) is 1.13. The molecule has 1 rings (SSSR count). The standard InChI is InChI=1S/C9H14N3/c1-4-12(11(2)3)9-6-5-7-10-8-9/h5-7H,4H2,1-3H3. The molecule has 0 spiro atoms. The van der Waals surface area contributed by atoms with Crippen LogP contribution in [0.3, 0.4) is 0 Å². The number of nitrogens with zero attached hydrogens (tertiary/aromatic N) is 3. The summed E-state index contributed by atoms with van der Waals surface area (Å²) in [6.45, 7) is 3.02. The number of aromatic nitrogens is 1. The zero-order chi connectivity index (χ0) is 8.97. The molecule has 0 N–H and O–H groups in total. The second-order valence-electron chi connectivity index (χ2n) is 2.70. The number of hydrogen-bond acceptors (Lipinski definition) is 3. The van der Waals surface area contributed by atoms with Gasteiger partial charge in [0.1, 0.15) is 6.20 Å². The monoisotopic (exact) mass is 164 g/mol. The Bertz CT molecular complexity index is 220. The maximum Gasteiger partial charge on any atom is 0.115 e. The highest BCUT2D eigenvalue weighted by Gasteiger charge is 2.04. The molecule has 0 saturated heterocycles. The van der Waals surface area contributed by atoms with E-state index in [0.717, 1.165) is 12.2 Å². The number of hydrazine groups is 1. The second-order valence-corrected chi connectivity index (χ2v) is 2.70. The van der Waals surface area contributed by atoms with Crippen LogP contribution < -0.4 is 5.01 Å². The Morgan fingerprint density at radius 3 is 2.67 bits per heavy atom. The molecule has 1 aromatic rings. The summed E-state index contributed by atoms with van der Waals surface area (Å²) in [5.41, 5.74) is 1.00. The Morgan fingerprint density at radius 2 is 2.25 bits per heavy atom. The van der Waals surface area contributed by atoms with Gasteiger partial charge in [0.05, 0.1) is 5.69 Å². The first-order valence-electron chi connectivity index (χ1n) is 4.03. The first kappa shape index (κ1) is 9.00. The maximum absolute atomic E-state index is 3.94. The van der Waals surface area contributed by atoms with E-state index in [1.54, 1.807) is 6.20 Å². The fourth-order valence-electron chi connectivity index (χ4n) is 1.13. The summed E-state index contributed by atoms with van der Waals surface area (Å²) < 4.78 is 0. The van der Waals surface area contributed by atoms with Crippen molar-refractivity contribution in [1.82, 2.24) is 9.99 Å². The van der Waals surface area contributed by atoms with Crippen LogP contribution >= 0.6 is 0 Å². The zero-order valence-electron chi connectivity index (χ0n) is 7.78. The normalized spacial score (nSPS) is 10.3. The van der Waals surface area contributed by atoms with Crippen molar-refractivity contribution in [2.24, 2.45) is 0 Å². The Kier molecular flexibility index (Phi) is 3.05. The van der Waals surface area contributed by atoms with E-state index >= 15 is 0 Å². The van der Waals surface area contributed by atoms with Crippen LogP contribution in [0, 0.1) is 6.20 Å². The highest BCUT2D eigenvalue weighted by atomic mass is 15.6. The Morgan fingerprint density at radius 1 is 1.50 bits per heavy atom. The molecule has 0 bridgehead atoms. The molecule has 0 amide bonds. The molecule has 0 atom stereocenters. The summed E-state index contributed by atoms with van der Waals surface area (Å²) in [6, 6.07) is 3.91. The van der Waals surface area contributed by atoms with Gasteiger partial charge in [-0.05, 0) is 19.1 Å². The third-order valence-corrected chi connectivity index (χ3v) is 1.65. The average molecular weight is 164 g/mol. The van der Waals surface area contributed by atoms with E-state index in [2.05, 4.69) is 23.1 Å². The van der Waals surface area contributed by atoms with Gasteiger partial charge in [-0.15, -0.1) is 0 Å². The van der Waals surface area contributed by atoms with E-state index in [4.69, 9.17) is 0 Å². The van der Waals surface area contributed by atoms with Crippen molar-refractivity contribution >= 4 is 5.69 Å². The molecule has 3 heteroatoms. The van der Waals surface area contributed by atoms with E-state index in [0.29, 0.717) is 0 Å². The zero-order valence-corrected chi connectivity index (χ0v) is 7.78. The lowest BCUT2D eigenvalue weighted by molar-refractivity contribution is 0.376. The minimum Gasteiger partial charge on any atom is -0.304 e. The third-order valence-electron chi connectivity index (χ3n) is 1.65. The van der Waals surface area contributed by atoms with E-state index in [1.807, 2.05) is 31.2 Å². The van der Waals surface area contributed by atoms with Crippen LogP contribution in [0.25, 0.3) is 0 Å². The van der Waals surface area contributed by atoms with Crippen LogP contribution in [-0.2, 0) is 0 Å². The van der Waals surface area contributed by atoms with Crippen LogP contribution in [-0.4, -0.2) is 30.6 Å². The molecule has 0 aromatic carbocycles. The lowest BCUT2D eigenvalue weighted by atomic mass is 10.4. The lowest BCUT2D eigenvalue weighted by Gasteiger charge is -2.28. The van der Waals surface area contributed by atoms with Crippen LogP contribution in [0.4, 0.5) is 5.69 Å². The number of anilines is 1. The minimum atomic E-state index is 0.926. The topological polar surface area (TPSA) is 19.4 Å². The van der Waals surface area contributed by atoms with Crippen molar-refractivity contribution in [3.8, 4) is 0 Å².